The highest BCUT2D eigenvalue weighted by molar-refractivity contribution is 7.98. The van der Waals surface area contributed by atoms with Gasteiger partial charge < -0.3 is 16.2 Å². The van der Waals surface area contributed by atoms with E-state index in [4.69, 9.17) is 5.73 Å². The normalized spacial score (nSPS) is 14.3. The van der Waals surface area contributed by atoms with Gasteiger partial charge in [0.25, 0.3) is 0 Å². The number of nitrogens with one attached hydrogen (secondary N) is 1. The summed E-state index contributed by atoms with van der Waals surface area (Å²) in [5, 5.41) is 14.2. The molecule has 2 rings (SSSR count). The van der Waals surface area contributed by atoms with E-state index in [2.05, 4.69) is 15.3 Å². The van der Waals surface area contributed by atoms with E-state index < -0.39 is 5.60 Å². The Hall–Kier alpha value is -1.53. The van der Waals surface area contributed by atoms with Crippen molar-refractivity contribution in [2.24, 2.45) is 0 Å². The van der Waals surface area contributed by atoms with E-state index >= 15 is 0 Å². The van der Waals surface area contributed by atoms with Crippen molar-refractivity contribution in [1.82, 2.24) is 9.97 Å². The van der Waals surface area contributed by atoms with Gasteiger partial charge in [0.05, 0.1) is 11.1 Å². The van der Waals surface area contributed by atoms with Crippen LogP contribution in [0.15, 0.2) is 24.3 Å². The number of rotatable bonds is 5. The molecule has 0 bridgehead atoms. The molecule has 1 aromatic heterocycles. The molecule has 0 aliphatic rings. The maximum absolute atomic E-state index is 10.2. The average Bonchev–Trinajstić information content (AvgIpc) is 2.36. The van der Waals surface area contributed by atoms with Crippen LogP contribution in [0.25, 0.3) is 10.9 Å². The molecule has 1 heterocycles. The highest BCUT2D eigenvalue weighted by atomic mass is 32.2. The zero-order chi connectivity index (χ0) is 13.9. The smallest absolute Gasteiger partial charge is 0.222 e. The molecule has 6 heteroatoms. The molecule has 1 unspecified atom stereocenters. The Morgan fingerprint density at radius 1 is 1.37 bits per heavy atom. The number of hydrogen-bond donors (Lipinski definition) is 3. The van der Waals surface area contributed by atoms with Crippen LogP contribution in [0.3, 0.4) is 0 Å². The second-order valence-electron chi connectivity index (χ2n) is 4.73. The number of thioether (sulfide) groups is 1. The van der Waals surface area contributed by atoms with E-state index in [9.17, 15) is 5.11 Å². The van der Waals surface area contributed by atoms with Gasteiger partial charge in [-0.3, -0.25) is 0 Å². The predicted octanol–water partition coefficient (Wildman–Crippen LogP) is 1.74. The second kappa shape index (κ2) is 5.63. The molecular weight excluding hydrogens is 260 g/mol. The third-order valence-electron chi connectivity index (χ3n) is 2.71. The summed E-state index contributed by atoms with van der Waals surface area (Å²) in [5.74, 6) is 1.54. The summed E-state index contributed by atoms with van der Waals surface area (Å²) >= 11 is 1.60. The first-order chi connectivity index (χ1) is 9.02. The number of nitrogens with zero attached hydrogens (tertiary/aromatic N) is 2. The van der Waals surface area contributed by atoms with Gasteiger partial charge in [-0.05, 0) is 25.3 Å². The topological polar surface area (TPSA) is 84.1 Å². The van der Waals surface area contributed by atoms with Crippen LogP contribution >= 0.6 is 11.8 Å². The summed E-state index contributed by atoms with van der Waals surface area (Å²) in [6.45, 7) is 2.21. The molecule has 0 radical (unpaired) electrons. The monoisotopic (exact) mass is 278 g/mol. The van der Waals surface area contributed by atoms with Crippen LogP contribution in [0, 0.1) is 0 Å². The Balaban J connectivity index is 2.25. The lowest BCUT2D eigenvalue weighted by Gasteiger charge is -2.23. The highest BCUT2D eigenvalue weighted by Gasteiger charge is 2.20. The Kier molecular flexibility index (Phi) is 4.11. The van der Waals surface area contributed by atoms with Crippen molar-refractivity contribution in [2.75, 3.05) is 29.6 Å². The van der Waals surface area contributed by atoms with Crippen molar-refractivity contribution in [2.45, 2.75) is 12.5 Å². The molecule has 0 saturated heterocycles. The molecule has 4 N–H and O–H groups in total. The second-order valence-corrected chi connectivity index (χ2v) is 5.60. The van der Waals surface area contributed by atoms with Crippen molar-refractivity contribution < 1.29 is 5.11 Å². The van der Waals surface area contributed by atoms with E-state index in [0.29, 0.717) is 18.1 Å². The average molecular weight is 278 g/mol. The molecule has 0 amide bonds. The van der Waals surface area contributed by atoms with Crippen LogP contribution in [-0.2, 0) is 0 Å². The summed E-state index contributed by atoms with van der Waals surface area (Å²) in [4.78, 5) is 8.38. The van der Waals surface area contributed by atoms with Crippen LogP contribution in [0.4, 0.5) is 11.8 Å². The summed E-state index contributed by atoms with van der Waals surface area (Å²) in [5.41, 5.74) is 5.70. The van der Waals surface area contributed by atoms with Gasteiger partial charge in [-0.2, -0.15) is 16.7 Å². The van der Waals surface area contributed by atoms with Crippen LogP contribution < -0.4 is 11.1 Å². The molecule has 1 aromatic carbocycles. The Morgan fingerprint density at radius 2 is 2.11 bits per heavy atom. The molecule has 0 fully saturated rings. The van der Waals surface area contributed by atoms with Gasteiger partial charge >= 0.3 is 0 Å². The molecule has 5 nitrogen and oxygen atoms in total. The van der Waals surface area contributed by atoms with Gasteiger partial charge in [0.2, 0.25) is 5.95 Å². The fourth-order valence-electron chi connectivity index (χ4n) is 1.87. The lowest BCUT2D eigenvalue weighted by Crippen LogP contribution is -2.36. The number of benzene rings is 1. The standard InChI is InChI=1S/C13H18N4OS/c1-13(18,8-19-2)7-15-11-9-5-3-4-6-10(9)16-12(14)17-11/h3-6,18H,7-8H2,1-2H3,(H3,14,15,16,17). The lowest BCUT2D eigenvalue weighted by atomic mass is 10.1. The number of fused-ring (bicyclic) bond motifs is 1. The summed E-state index contributed by atoms with van der Waals surface area (Å²) in [6.07, 6.45) is 1.96. The van der Waals surface area contributed by atoms with E-state index in [-0.39, 0.29) is 5.95 Å². The first-order valence-electron chi connectivity index (χ1n) is 5.99. The van der Waals surface area contributed by atoms with Crippen molar-refractivity contribution >= 4 is 34.4 Å². The molecule has 1 atom stereocenters. The summed E-state index contributed by atoms with van der Waals surface area (Å²) < 4.78 is 0. The van der Waals surface area contributed by atoms with Crippen molar-refractivity contribution in [3.8, 4) is 0 Å². The maximum Gasteiger partial charge on any atom is 0.222 e. The lowest BCUT2D eigenvalue weighted by molar-refractivity contribution is 0.0996. The first kappa shape index (κ1) is 13.9. The molecule has 102 valence electrons. The number of aromatic nitrogens is 2. The third-order valence-corrected chi connectivity index (χ3v) is 3.62. The number of nitrogen functional groups attached to an aromatic ring is 1. The molecule has 19 heavy (non-hydrogen) atoms. The number of hydrogen-bond acceptors (Lipinski definition) is 6. The van der Waals surface area contributed by atoms with Gasteiger partial charge in [0, 0.05) is 17.7 Å². The van der Waals surface area contributed by atoms with Crippen molar-refractivity contribution in [3.05, 3.63) is 24.3 Å². The molecule has 0 saturated carbocycles. The maximum atomic E-state index is 10.2. The summed E-state index contributed by atoms with van der Waals surface area (Å²) in [6, 6.07) is 7.65. The minimum atomic E-state index is -0.791. The van der Waals surface area contributed by atoms with E-state index in [1.165, 1.54) is 0 Å². The van der Waals surface area contributed by atoms with Crippen LogP contribution in [0.5, 0.6) is 0 Å². The molecular formula is C13H18N4OS. The van der Waals surface area contributed by atoms with Gasteiger partial charge in [-0.25, -0.2) is 4.98 Å². The zero-order valence-corrected chi connectivity index (χ0v) is 11.9. The fourth-order valence-corrected chi connectivity index (χ4v) is 2.59. The largest absolute Gasteiger partial charge is 0.387 e. The van der Waals surface area contributed by atoms with E-state index in [0.717, 1.165) is 10.9 Å². The Labute approximate surface area is 116 Å². The minimum Gasteiger partial charge on any atom is -0.387 e. The Morgan fingerprint density at radius 3 is 2.84 bits per heavy atom. The van der Waals surface area contributed by atoms with E-state index in [1.54, 1.807) is 18.7 Å². The molecule has 0 aliphatic heterocycles. The van der Waals surface area contributed by atoms with Crippen molar-refractivity contribution in [1.29, 1.82) is 0 Å². The van der Waals surface area contributed by atoms with E-state index in [1.807, 2.05) is 30.5 Å². The van der Waals surface area contributed by atoms with Gasteiger partial charge in [-0.15, -0.1) is 0 Å². The fraction of sp³-hybridized carbons (Fsp3) is 0.385. The van der Waals surface area contributed by atoms with Gasteiger partial charge in [-0.1, -0.05) is 12.1 Å². The Bertz CT molecular complexity index is 574. The quantitative estimate of drug-likeness (QED) is 0.772. The number of aliphatic hydroxyl groups is 1. The SMILES string of the molecule is CSCC(C)(O)CNc1nc(N)nc2ccccc12. The number of nitrogens with two attached hydrogens (primary N) is 1. The zero-order valence-electron chi connectivity index (χ0n) is 11.1. The van der Waals surface area contributed by atoms with Gasteiger partial charge in [0.1, 0.15) is 5.82 Å². The predicted molar refractivity (Wildman–Crippen MR) is 81.4 cm³/mol. The van der Waals surface area contributed by atoms with Crippen LogP contribution in [-0.4, -0.2) is 39.2 Å². The third kappa shape index (κ3) is 3.48. The molecule has 0 spiro atoms. The summed E-state index contributed by atoms with van der Waals surface area (Å²) in [7, 11) is 0. The highest BCUT2D eigenvalue weighted by Crippen LogP contribution is 2.21. The van der Waals surface area contributed by atoms with Crippen molar-refractivity contribution in [3.63, 3.8) is 0 Å². The van der Waals surface area contributed by atoms with Gasteiger partial charge in [0.15, 0.2) is 0 Å². The van der Waals surface area contributed by atoms with Crippen LogP contribution in [0.1, 0.15) is 6.92 Å². The molecule has 2 aromatic rings. The number of anilines is 2. The van der Waals surface area contributed by atoms with Crippen LogP contribution in [0.2, 0.25) is 0 Å². The number of para-hydroxylation sites is 1. The minimum absolute atomic E-state index is 0.228. The molecule has 0 aliphatic carbocycles. The first-order valence-corrected chi connectivity index (χ1v) is 7.39.